The normalized spacial score (nSPS) is 22.3. The van der Waals surface area contributed by atoms with Gasteiger partial charge in [0.15, 0.2) is 11.5 Å². The van der Waals surface area contributed by atoms with Gasteiger partial charge in [0.05, 0.1) is 19.3 Å². The van der Waals surface area contributed by atoms with Crippen LogP contribution < -0.4 is 14.8 Å². The minimum Gasteiger partial charge on any atom is -0.493 e. The Labute approximate surface area is 127 Å². The third-order valence-electron chi connectivity index (χ3n) is 3.89. The molecule has 1 saturated carbocycles. The predicted octanol–water partition coefficient (Wildman–Crippen LogP) is 2.88. The Morgan fingerprint density at radius 3 is 2.67 bits per heavy atom. The number of aliphatic hydroxyl groups excluding tert-OH is 1. The zero-order chi connectivity index (χ0) is 15.2. The van der Waals surface area contributed by atoms with E-state index >= 15 is 0 Å². The van der Waals surface area contributed by atoms with Crippen LogP contribution in [0, 0.1) is 0 Å². The molecule has 21 heavy (non-hydrogen) atoms. The fraction of sp³-hybridized carbons (Fsp3) is 0.647. The van der Waals surface area contributed by atoms with Crippen molar-refractivity contribution in [3.05, 3.63) is 23.8 Å². The van der Waals surface area contributed by atoms with Crippen LogP contribution in [0.25, 0.3) is 0 Å². The molecule has 1 aromatic rings. The number of hydrogen-bond acceptors (Lipinski definition) is 4. The Kier molecular flexibility index (Phi) is 5.88. The van der Waals surface area contributed by atoms with Crippen molar-refractivity contribution in [2.45, 2.75) is 64.3 Å². The van der Waals surface area contributed by atoms with E-state index in [4.69, 9.17) is 9.47 Å². The zero-order valence-corrected chi connectivity index (χ0v) is 13.3. The third kappa shape index (κ3) is 4.61. The molecule has 0 spiro atoms. The molecule has 1 aromatic carbocycles. The Morgan fingerprint density at radius 1 is 1.24 bits per heavy atom. The molecule has 0 radical (unpaired) electrons. The fourth-order valence-electron chi connectivity index (χ4n) is 2.77. The minimum absolute atomic E-state index is 0.125. The topological polar surface area (TPSA) is 50.7 Å². The van der Waals surface area contributed by atoms with E-state index in [0.717, 1.165) is 42.9 Å². The van der Waals surface area contributed by atoms with Crippen molar-refractivity contribution < 1.29 is 14.6 Å². The van der Waals surface area contributed by atoms with Crippen molar-refractivity contribution in [1.29, 1.82) is 0 Å². The smallest absolute Gasteiger partial charge is 0.161 e. The van der Waals surface area contributed by atoms with Gasteiger partial charge in [-0.2, -0.15) is 0 Å². The molecule has 0 aromatic heterocycles. The molecular formula is C17H27NO3. The molecule has 0 bridgehead atoms. The van der Waals surface area contributed by atoms with Crippen LogP contribution in [0.15, 0.2) is 18.2 Å². The molecule has 1 aliphatic carbocycles. The highest BCUT2D eigenvalue weighted by molar-refractivity contribution is 5.43. The monoisotopic (exact) mass is 293 g/mol. The molecule has 1 aliphatic rings. The quantitative estimate of drug-likeness (QED) is 0.847. The van der Waals surface area contributed by atoms with Crippen LogP contribution in [0.1, 0.15) is 45.1 Å². The first-order chi connectivity index (χ1) is 10.1. The van der Waals surface area contributed by atoms with E-state index in [1.165, 1.54) is 6.42 Å². The Balaban J connectivity index is 1.97. The van der Waals surface area contributed by atoms with E-state index in [0.29, 0.717) is 0 Å². The van der Waals surface area contributed by atoms with Crippen molar-refractivity contribution in [3.8, 4) is 11.5 Å². The van der Waals surface area contributed by atoms with E-state index in [9.17, 15) is 5.11 Å². The molecule has 0 aliphatic heterocycles. The van der Waals surface area contributed by atoms with Gasteiger partial charge in [0.2, 0.25) is 0 Å². The van der Waals surface area contributed by atoms with Crippen LogP contribution in [0.2, 0.25) is 0 Å². The summed E-state index contributed by atoms with van der Waals surface area (Å²) < 4.78 is 11.1. The van der Waals surface area contributed by atoms with Gasteiger partial charge in [-0.3, -0.25) is 0 Å². The number of nitrogens with one attached hydrogen (secondary N) is 1. The zero-order valence-electron chi connectivity index (χ0n) is 13.3. The Morgan fingerprint density at radius 2 is 2.00 bits per heavy atom. The van der Waals surface area contributed by atoms with Crippen molar-refractivity contribution in [1.82, 2.24) is 5.32 Å². The molecule has 0 saturated heterocycles. The number of rotatable bonds is 6. The standard InChI is InChI=1S/C17H27NO3/c1-12(2)21-16-9-8-13(10-17(16)20-3)11-18-14-6-4-5-7-15(14)19/h8-10,12,14-15,18-19H,4-7,11H2,1-3H3/t14-,15-/m0/s1. The Hall–Kier alpha value is -1.26. The lowest BCUT2D eigenvalue weighted by molar-refractivity contribution is 0.0902. The van der Waals surface area contributed by atoms with Crippen LogP contribution in [0.3, 0.4) is 0 Å². The summed E-state index contributed by atoms with van der Waals surface area (Å²) in [7, 11) is 1.66. The second kappa shape index (κ2) is 7.66. The average Bonchev–Trinajstić information content (AvgIpc) is 2.47. The van der Waals surface area contributed by atoms with Gasteiger partial charge in [-0.1, -0.05) is 18.9 Å². The van der Waals surface area contributed by atoms with E-state index in [-0.39, 0.29) is 18.2 Å². The first kappa shape index (κ1) is 16.1. The predicted molar refractivity (Wildman–Crippen MR) is 83.9 cm³/mol. The lowest BCUT2D eigenvalue weighted by atomic mass is 9.92. The molecule has 0 heterocycles. The van der Waals surface area contributed by atoms with Crippen molar-refractivity contribution >= 4 is 0 Å². The number of aliphatic hydroxyl groups is 1. The van der Waals surface area contributed by atoms with Gasteiger partial charge in [0.25, 0.3) is 0 Å². The maximum atomic E-state index is 9.98. The summed E-state index contributed by atoms with van der Waals surface area (Å²) in [6.45, 7) is 4.73. The van der Waals surface area contributed by atoms with Crippen LogP contribution in [-0.2, 0) is 6.54 Å². The largest absolute Gasteiger partial charge is 0.493 e. The molecule has 4 heteroatoms. The summed E-state index contributed by atoms with van der Waals surface area (Å²) >= 11 is 0. The maximum absolute atomic E-state index is 9.98. The molecule has 0 unspecified atom stereocenters. The summed E-state index contributed by atoms with van der Waals surface area (Å²) in [6.07, 6.45) is 4.19. The van der Waals surface area contributed by atoms with Gasteiger partial charge in [-0.15, -0.1) is 0 Å². The lowest BCUT2D eigenvalue weighted by Gasteiger charge is -2.28. The van der Waals surface area contributed by atoms with Gasteiger partial charge in [0, 0.05) is 12.6 Å². The Bertz CT molecular complexity index is 448. The minimum atomic E-state index is -0.218. The van der Waals surface area contributed by atoms with E-state index in [1.54, 1.807) is 7.11 Å². The van der Waals surface area contributed by atoms with Crippen molar-refractivity contribution in [2.24, 2.45) is 0 Å². The summed E-state index contributed by atoms with van der Waals surface area (Å²) in [5, 5.41) is 13.4. The second-order valence-electron chi connectivity index (χ2n) is 5.99. The summed E-state index contributed by atoms with van der Waals surface area (Å²) in [6, 6.07) is 6.20. The summed E-state index contributed by atoms with van der Waals surface area (Å²) in [5.41, 5.74) is 1.14. The molecule has 2 atom stereocenters. The molecule has 4 nitrogen and oxygen atoms in total. The van der Waals surface area contributed by atoms with Crippen LogP contribution in [-0.4, -0.2) is 30.5 Å². The highest BCUT2D eigenvalue weighted by atomic mass is 16.5. The van der Waals surface area contributed by atoms with Gasteiger partial charge >= 0.3 is 0 Å². The maximum Gasteiger partial charge on any atom is 0.161 e. The van der Waals surface area contributed by atoms with Gasteiger partial charge in [-0.25, -0.2) is 0 Å². The SMILES string of the molecule is COc1cc(CN[C@H]2CCCC[C@@H]2O)ccc1OC(C)C. The van der Waals surface area contributed by atoms with Crippen LogP contribution >= 0.6 is 0 Å². The van der Waals surface area contributed by atoms with Gasteiger partial charge < -0.3 is 19.9 Å². The molecule has 0 amide bonds. The first-order valence-electron chi connectivity index (χ1n) is 7.85. The van der Waals surface area contributed by atoms with Crippen LogP contribution in [0.4, 0.5) is 0 Å². The van der Waals surface area contributed by atoms with E-state index < -0.39 is 0 Å². The molecular weight excluding hydrogens is 266 g/mol. The number of ether oxygens (including phenoxy) is 2. The highest BCUT2D eigenvalue weighted by Crippen LogP contribution is 2.29. The first-order valence-corrected chi connectivity index (χ1v) is 7.85. The van der Waals surface area contributed by atoms with Gasteiger partial charge in [0.1, 0.15) is 0 Å². The van der Waals surface area contributed by atoms with Gasteiger partial charge in [-0.05, 0) is 44.4 Å². The highest BCUT2D eigenvalue weighted by Gasteiger charge is 2.22. The van der Waals surface area contributed by atoms with Crippen molar-refractivity contribution in [2.75, 3.05) is 7.11 Å². The van der Waals surface area contributed by atoms with E-state index in [1.807, 2.05) is 32.0 Å². The summed E-state index contributed by atoms with van der Waals surface area (Å²) in [4.78, 5) is 0. The lowest BCUT2D eigenvalue weighted by Crippen LogP contribution is -2.41. The van der Waals surface area contributed by atoms with Crippen molar-refractivity contribution in [3.63, 3.8) is 0 Å². The molecule has 118 valence electrons. The molecule has 2 N–H and O–H groups in total. The number of hydrogen-bond donors (Lipinski definition) is 2. The second-order valence-corrected chi connectivity index (χ2v) is 5.99. The number of methoxy groups -OCH3 is 1. The summed E-state index contributed by atoms with van der Waals surface area (Å²) in [5.74, 6) is 1.53. The third-order valence-corrected chi connectivity index (χ3v) is 3.89. The van der Waals surface area contributed by atoms with Crippen LogP contribution in [0.5, 0.6) is 11.5 Å². The number of benzene rings is 1. The van der Waals surface area contributed by atoms with E-state index in [2.05, 4.69) is 5.32 Å². The molecule has 2 rings (SSSR count). The molecule has 1 fully saturated rings. The average molecular weight is 293 g/mol. The fourth-order valence-corrected chi connectivity index (χ4v) is 2.77.